The molecule has 0 saturated heterocycles. The molecule has 4 aromatic rings. The van der Waals surface area contributed by atoms with Crippen molar-refractivity contribution >= 4 is 23.5 Å². The number of aromatic nitrogens is 6. The number of nitrogens with zero attached hydrogens (tertiary/aromatic N) is 7. The SMILES string of the molecule is CCCCc1nc(Cl)c(C(=O)OC(CCC[C@H](CO[N+](=O)[O-])O[N+](=O)[O-])OC(=O)CC)n1Cc1ccc(-c2ccccc2-c2nn[nH]n2)cc1. The van der Waals surface area contributed by atoms with Crippen molar-refractivity contribution in [1.82, 2.24) is 30.2 Å². The highest BCUT2D eigenvalue weighted by molar-refractivity contribution is 6.32. The van der Waals surface area contributed by atoms with Crippen LogP contribution >= 0.6 is 11.6 Å². The molecule has 4 rings (SSSR count). The lowest BCUT2D eigenvalue weighted by Gasteiger charge is -2.20. The summed E-state index contributed by atoms with van der Waals surface area (Å²) < 4.78 is 12.6. The number of hydrogen-bond donors (Lipinski definition) is 1. The molecule has 2 atom stereocenters. The fourth-order valence-electron chi connectivity index (χ4n) is 5.03. The van der Waals surface area contributed by atoms with Gasteiger partial charge in [0.25, 0.3) is 10.2 Å². The largest absolute Gasteiger partial charge is 0.425 e. The number of rotatable bonds is 20. The molecule has 0 spiro atoms. The molecule has 2 heterocycles. The van der Waals surface area contributed by atoms with E-state index in [1.165, 1.54) is 0 Å². The van der Waals surface area contributed by atoms with Crippen molar-refractivity contribution in [1.29, 1.82) is 0 Å². The lowest BCUT2D eigenvalue weighted by molar-refractivity contribution is -0.790. The zero-order chi connectivity index (χ0) is 36.0. The highest BCUT2D eigenvalue weighted by Gasteiger charge is 2.28. The first-order valence-electron chi connectivity index (χ1n) is 15.8. The van der Waals surface area contributed by atoms with Gasteiger partial charge in [-0.1, -0.05) is 80.4 Å². The Bertz CT molecular complexity index is 1750. The van der Waals surface area contributed by atoms with Crippen molar-refractivity contribution in [2.24, 2.45) is 0 Å². The van der Waals surface area contributed by atoms with Crippen LogP contribution in [0.4, 0.5) is 0 Å². The van der Waals surface area contributed by atoms with Gasteiger partial charge in [-0.15, -0.1) is 30.4 Å². The van der Waals surface area contributed by atoms with Crippen LogP contribution < -0.4 is 0 Å². The molecule has 1 N–H and O–H groups in total. The summed E-state index contributed by atoms with van der Waals surface area (Å²) in [5, 5.41) is 33.4. The standard InChI is InChI=1S/C31H35ClN8O10/c1-3-5-12-25-33-29(32)28(31(42)49-27(48-26(41)4-2)13-8-9-22(50-40(45)46)19-47-39(43)44)38(25)18-20-14-16-21(17-15-20)23-10-6-7-11-24(23)30-34-36-37-35-30/h6-7,10-11,14-17,22,27H,3-5,8-9,12-13,18-19H2,1-2H3,(H,34,35,36,37)/t22-,27?/m1/s1. The Morgan fingerprint density at radius 3 is 2.36 bits per heavy atom. The lowest BCUT2D eigenvalue weighted by Crippen LogP contribution is -2.28. The van der Waals surface area contributed by atoms with Gasteiger partial charge in [0.05, 0.1) is 0 Å². The molecule has 0 radical (unpaired) electrons. The summed E-state index contributed by atoms with van der Waals surface area (Å²) in [5.41, 5.74) is 3.38. The van der Waals surface area contributed by atoms with Crippen LogP contribution in [-0.4, -0.2) is 71.3 Å². The molecule has 1 unspecified atom stereocenters. The number of halogens is 1. The van der Waals surface area contributed by atoms with E-state index in [0.717, 1.165) is 35.1 Å². The average Bonchev–Trinajstić information content (AvgIpc) is 3.74. The number of aryl methyl sites for hydroxylation is 1. The fourth-order valence-corrected chi connectivity index (χ4v) is 5.30. The van der Waals surface area contributed by atoms with Gasteiger partial charge in [-0.3, -0.25) is 4.79 Å². The van der Waals surface area contributed by atoms with Gasteiger partial charge in [0.2, 0.25) is 12.1 Å². The van der Waals surface area contributed by atoms with Crippen LogP contribution in [0.15, 0.2) is 48.5 Å². The maximum Gasteiger partial charge on any atom is 0.361 e. The molecule has 266 valence electrons. The first-order chi connectivity index (χ1) is 24.1. The van der Waals surface area contributed by atoms with E-state index in [4.69, 9.17) is 21.1 Å². The van der Waals surface area contributed by atoms with Crippen LogP contribution in [-0.2, 0) is 36.9 Å². The van der Waals surface area contributed by atoms with Crippen LogP contribution in [0.25, 0.3) is 22.5 Å². The van der Waals surface area contributed by atoms with E-state index in [1.807, 2.05) is 55.5 Å². The van der Waals surface area contributed by atoms with E-state index in [9.17, 15) is 29.8 Å². The van der Waals surface area contributed by atoms with Crippen molar-refractivity contribution in [2.45, 2.75) is 77.7 Å². The minimum Gasteiger partial charge on any atom is -0.425 e. The van der Waals surface area contributed by atoms with E-state index in [1.54, 1.807) is 11.5 Å². The van der Waals surface area contributed by atoms with Crippen LogP contribution in [0, 0.1) is 20.2 Å². The van der Waals surface area contributed by atoms with Gasteiger partial charge < -0.3 is 23.7 Å². The molecule has 50 heavy (non-hydrogen) atoms. The lowest BCUT2D eigenvalue weighted by atomic mass is 9.98. The number of esters is 2. The summed E-state index contributed by atoms with van der Waals surface area (Å²) in [6.45, 7) is 3.09. The fraction of sp³-hybridized carbons (Fsp3) is 0.419. The molecule has 0 aliphatic rings. The Labute approximate surface area is 290 Å². The van der Waals surface area contributed by atoms with Crippen LogP contribution in [0.3, 0.4) is 0 Å². The van der Waals surface area contributed by atoms with E-state index in [0.29, 0.717) is 18.1 Å². The molecule has 2 aromatic heterocycles. The number of imidazole rings is 1. The van der Waals surface area contributed by atoms with E-state index >= 15 is 0 Å². The number of H-pyrrole nitrogens is 1. The second-order valence-corrected chi connectivity index (χ2v) is 11.3. The molecule has 0 saturated carbocycles. The van der Waals surface area contributed by atoms with Gasteiger partial charge in [0, 0.05) is 31.4 Å². The summed E-state index contributed by atoms with van der Waals surface area (Å²) >= 11 is 6.52. The van der Waals surface area contributed by atoms with Gasteiger partial charge in [-0.2, -0.15) is 5.21 Å². The Morgan fingerprint density at radius 1 is 0.980 bits per heavy atom. The third kappa shape index (κ3) is 10.4. The quantitative estimate of drug-likeness (QED) is 0.0539. The molecular formula is C31H35ClN8O10. The Morgan fingerprint density at radius 2 is 1.72 bits per heavy atom. The minimum atomic E-state index is -1.40. The van der Waals surface area contributed by atoms with Crippen molar-refractivity contribution < 1.29 is 38.9 Å². The van der Waals surface area contributed by atoms with Crippen molar-refractivity contribution in [3.05, 3.63) is 91.0 Å². The Kier molecular flexibility index (Phi) is 13.5. The Balaban J connectivity index is 1.54. The monoisotopic (exact) mass is 714 g/mol. The topological polar surface area (TPSA) is 230 Å². The molecule has 18 nitrogen and oxygen atoms in total. The number of unbranched alkanes of at least 4 members (excludes halogenated alkanes) is 1. The first kappa shape index (κ1) is 37.2. The molecular weight excluding hydrogens is 680 g/mol. The van der Waals surface area contributed by atoms with Crippen LogP contribution in [0.1, 0.15) is 74.2 Å². The second kappa shape index (κ2) is 18.2. The summed E-state index contributed by atoms with van der Waals surface area (Å²) in [6.07, 6.45) is -0.711. The maximum atomic E-state index is 13.7. The highest BCUT2D eigenvalue weighted by Crippen LogP contribution is 2.30. The number of aromatic amines is 1. The molecule has 0 amide bonds. The van der Waals surface area contributed by atoms with E-state index in [2.05, 4.69) is 35.3 Å². The predicted molar refractivity (Wildman–Crippen MR) is 174 cm³/mol. The molecule has 2 aromatic carbocycles. The summed E-state index contributed by atoms with van der Waals surface area (Å²) in [7, 11) is 0. The van der Waals surface area contributed by atoms with Crippen LogP contribution in [0.2, 0.25) is 5.15 Å². The number of hydrogen-bond acceptors (Lipinski definition) is 14. The van der Waals surface area contributed by atoms with Crippen molar-refractivity contribution in [2.75, 3.05) is 6.61 Å². The van der Waals surface area contributed by atoms with Gasteiger partial charge >= 0.3 is 11.9 Å². The minimum absolute atomic E-state index is 0.0206. The number of tetrazole rings is 1. The molecule has 0 bridgehead atoms. The van der Waals surface area contributed by atoms with Crippen LogP contribution in [0.5, 0.6) is 0 Å². The molecule has 19 heteroatoms. The number of benzene rings is 2. The third-order valence-corrected chi connectivity index (χ3v) is 7.69. The molecule has 0 aliphatic heterocycles. The average molecular weight is 715 g/mol. The van der Waals surface area contributed by atoms with Gasteiger partial charge in [-0.05, 0) is 41.2 Å². The van der Waals surface area contributed by atoms with Crippen molar-refractivity contribution in [3.8, 4) is 22.5 Å². The van der Waals surface area contributed by atoms with Crippen molar-refractivity contribution in [3.63, 3.8) is 0 Å². The third-order valence-electron chi connectivity index (χ3n) is 7.43. The van der Waals surface area contributed by atoms with E-state index < -0.39 is 41.1 Å². The summed E-state index contributed by atoms with van der Waals surface area (Å²) in [6, 6.07) is 15.3. The van der Waals surface area contributed by atoms with Gasteiger partial charge in [0.15, 0.2) is 10.8 Å². The number of carbonyl (C=O) groups is 2. The van der Waals surface area contributed by atoms with Gasteiger partial charge in [0.1, 0.15) is 18.5 Å². The zero-order valence-corrected chi connectivity index (χ0v) is 28.0. The summed E-state index contributed by atoms with van der Waals surface area (Å²) in [5.74, 6) is -0.553. The smallest absolute Gasteiger partial charge is 0.361 e. The predicted octanol–water partition coefficient (Wildman–Crippen LogP) is 5.17. The normalized spacial score (nSPS) is 12.1. The highest BCUT2D eigenvalue weighted by atomic mass is 35.5. The molecule has 0 fully saturated rings. The zero-order valence-electron chi connectivity index (χ0n) is 27.2. The first-order valence-corrected chi connectivity index (χ1v) is 16.1. The number of nitrogens with one attached hydrogen (secondary N) is 1. The second-order valence-electron chi connectivity index (χ2n) is 10.9. The number of ether oxygens (including phenoxy) is 2. The summed E-state index contributed by atoms with van der Waals surface area (Å²) in [4.78, 5) is 60.4. The maximum absolute atomic E-state index is 13.7. The Hall–Kier alpha value is -5.65. The van der Waals surface area contributed by atoms with E-state index in [-0.39, 0.29) is 43.1 Å². The molecule has 0 aliphatic carbocycles. The number of carbonyl (C=O) groups excluding carboxylic acids is 2. The van der Waals surface area contributed by atoms with Gasteiger partial charge in [-0.25, -0.2) is 9.78 Å².